The van der Waals surface area contributed by atoms with E-state index in [4.69, 9.17) is 0 Å². The molecule has 2 saturated heterocycles. The number of benzene rings is 1. The van der Waals surface area contributed by atoms with Crippen molar-refractivity contribution in [1.29, 1.82) is 0 Å². The summed E-state index contributed by atoms with van der Waals surface area (Å²) in [6.07, 6.45) is 0. The highest BCUT2D eigenvalue weighted by Crippen LogP contribution is 2.31. The minimum atomic E-state index is -0.0582. The molecule has 2 aliphatic heterocycles. The maximum Gasteiger partial charge on any atom is 0.264 e. The summed E-state index contributed by atoms with van der Waals surface area (Å²) < 4.78 is 1.15. The molecular formula is C18H22ClN3O2S2. The van der Waals surface area contributed by atoms with Crippen molar-refractivity contribution in [2.45, 2.75) is 13.0 Å². The van der Waals surface area contributed by atoms with Crippen molar-refractivity contribution < 1.29 is 9.59 Å². The summed E-state index contributed by atoms with van der Waals surface area (Å²) in [6.45, 7) is 4.49. The van der Waals surface area contributed by atoms with Crippen LogP contribution in [-0.4, -0.2) is 65.5 Å². The van der Waals surface area contributed by atoms with Gasteiger partial charge in [-0.25, -0.2) is 0 Å². The molecule has 26 heavy (non-hydrogen) atoms. The highest BCUT2D eigenvalue weighted by molar-refractivity contribution is 7.99. The molecule has 0 spiro atoms. The zero-order valence-corrected chi connectivity index (χ0v) is 17.0. The van der Waals surface area contributed by atoms with E-state index in [-0.39, 0.29) is 30.3 Å². The molecule has 0 bridgehead atoms. The van der Waals surface area contributed by atoms with Gasteiger partial charge in [-0.05, 0) is 23.9 Å². The first-order valence-electron chi connectivity index (χ1n) is 8.52. The van der Waals surface area contributed by atoms with Crippen LogP contribution in [0.1, 0.15) is 15.2 Å². The highest BCUT2D eigenvalue weighted by atomic mass is 35.5. The molecule has 1 aromatic carbocycles. The largest absolute Gasteiger partial charge is 0.338 e. The van der Waals surface area contributed by atoms with E-state index < -0.39 is 0 Å². The van der Waals surface area contributed by atoms with Gasteiger partial charge >= 0.3 is 0 Å². The molecule has 4 rings (SSSR count). The fraction of sp³-hybridized carbons (Fsp3) is 0.444. The minimum absolute atomic E-state index is 0. The maximum absolute atomic E-state index is 12.9. The lowest BCUT2D eigenvalue weighted by molar-refractivity contribution is -0.134. The first-order valence-corrected chi connectivity index (χ1v) is 10.5. The Balaban J connectivity index is 0.00000196. The van der Waals surface area contributed by atoms with Gasteiger partial charge in [-0.15, -0.1) is 35.5 Å². The average Bonchev–Trinajstić information content (AvgIpc) is 3.30. The molecule has 3 heterocycles. The fourth-order valence-electron chi connectivity index (χ4n) is 3.43. The van der Waals surface area contributed by atoms with Crippen LogP contribution in [0.5, 0.6) is 0 Å². The van der Waals surface area contributed by atoms with Gasteiger partial charge in [0.25, 0.3) is 5.91 Å². The Morgan fingerprint density at radius 3 is 2.46 bits per heavy atom. The first-order chi connectivity index (χ1) is 12.1. The number of carbonyl (C=O) groups excluding carboxylic acids is 2. The molecule has 2 amide bonds. The van der Waals surface area contributed by atoms with Gasteiger partial charge in [-0.1, -0.05) is 18.2 Å². The summed E-state index contributed by atoms with van der Waals surface area (Å²) in [4.78, 5) is 30.0. The molecule has 2 aromatic rings. The number of halogens is 1. The molecule has 140 valence electrons. The molecule has 0 radical (unpaired) electrons. The van der Waals surface area contributed by atoms with Crippen molar-refractivity contribution >= 4 is 57.4 Å². The summed E-state index contributed by atoms with van der Waals surface area (Å²) in [5.74, 6) is 1.97. The van der Waals surface area contributed by atoms with Crippen molar-refractivity contribution in [3.8, 4) is 0 Å². The lowest BCUT2D eigenvalue weighted by Crippen LogP contribution is -2.54. The summed E-state index contributed by atoms with van der Waals surface area (Å²) in [5.41, 5.74) is 1.07. The Hall–Kier alpha value is -1.28. The Bertz CT molecular complexity index is 812. The van der Waals surface area contributed by atoms with Gasteiger partial charge in [-0.2, -0.15) is 0 Å². The van der Waals surface area contributed by atoms with E-state index in [9.17, 15) is 9.59 Å². The van der Waals surface area contributed by atoms with Crippen LogP contribution in [0.15, 0.2) is 24.3 Å². The number of amides is 2. The number of rotatable bonds is 2. The van der Waals surface area contributed by atoms with E-state index in [1.807, 2.05) is 28.9 Å². The molecular weight excluding hydrogens is 390 g/mol. The highest BCUT2D eigenvalue weighted by Gasteiger charge is 2.31. The standard InChI is InChI=1S/C18H21N3O2S2.ClH/c1-12-13-4-2-3-5-15(13)25-16(12)18(23)21-8-6-20(7-9-21)17(22)14-10-24-11-19-14;/h2-5,14,19H,6-11H2,1H3;1H. The Morgan fingerprint density at radius 1 is 1.12 bits per heavy atom. The second-order valence-corrected chi connectivity index (χ2v) is 8.52. The van der Waals surface area contributed by atoms with E-state index >= 15 is 0 Å². The smallest absolute Gasteiger partial charge is 0.264 e. The van der Waals surface area contributed by atoms with Gasteiger partial charge in [0.15, 0.2) is 0 Å². The second kappa shape index (κ2) is 8.17. The minimum Gasteiger partial charge on any atom is -0.338 e. The lowest BCUT2D eigenvalue weighted by atomic mass is 10.1. The first kappa shape index (κ1) is 19.5. The quantitative estimate of drug-likeness (QED) is 0.825. The number of hydrogen-bond acceptors (Lipinski definition) is 5. The van der Waals surface area contributed by atoms with Crippen molar-refractivity contribution in [2.24, 2.45) is 0 Å². The molecule has 0 saturated carbocycles. The van der Waals surface area contributed by atoms with Crippen LogP contribution in [0.3, 0.4) is 0 Å². The van der Waals surface area contributed by atoms with Crippen LogP contribution >= 0.6 is 35.5 Å². The van der Waals surface area contributed by atoms with Crippen LogP contribution < -0.4 is 5.32 Å². The van der Waals surface area contributed by atoms with Crippen LogP contribution in [-0.2, 0) is 4.79 Å². The Morgan fingerprint density at radius 2 is 1.81 bits per heavy atom. The van der Waals surface area contributed by atoms with E-state index in [2.05, 4.69) is 17.4 Å². The number of aryl methyl sites for hydroxylation is 1. The number of thiophene rings is 1. The number of thioether (sulfide) groups is 1. The number of fused-ring (bicyclic) bond motifs is 1. The summed E-state index contributed by atoms with van der Waals surface area (Å²) >= 11 is 3.33. The number of nitrogens with zero attached hydrogens (tertiary/aromatic N) is 2. The van der Waals surface area contributed by atoms with Crippen molar-refractivity contribution in [3.63, 3.8) is 0 Å². The summed E-state index contributed by atoms with van der Waals surface area (Å²) in [5, 5.41) is 4.39. The van der Waals surface area contributed by atoms with E-state index in [1.165, 1.54) is 0 Å². The molecule has 0 aliphatic carbocycles. The van der Waals surface area contributed by atoms with Crippen LogP contribution in [0.2, 0.25) is 0 Å². The monoisotopic (exact) mass is 411 g/mol. The van der Waals surface area contributed by atoms with Crippen molar-refractivity contribution in [1.82, 2.24) is 15.1 Å². The predicted octanol–water partition coefficient (Wildman–Crippen LogP) is 2.58. The molecule has 1 aromatic heterocycles. The fourth-order valence-corrected chi connectivity index (χ4v) is 5.54. The van der Waals surface area contributed by atoms with Gasteiger partial charge in [0.05, 0.1) is 10.9 Å². The molecule has 1 N–H and O–H groups in total. The molecule has 2 fully saturated rings. The zero-order valence-electron chi connectivity index (χ0n) is 14.6. The number of piperazine rings is 1. The third kappa shape index (κ3) is 3.58. The predicted molar refractivity (Wildman–Crippen MR) is 111 cm³/mol. The Kier molecular flexibility index (Phi) is 6.12. The van der Waals surface area contributed by atoms with E-state index in [0.717, 1.165) is 32.2 Å². The maximum atomic E-state index is 12.9. The van der Waals surface area contributed by atoms with Crippen LogP contribution in [0.4, 0.5) is 0 Å². The Labute approximate surface area is 167 Å². The number of hydrogen-bond donors (Lipinski definition) is 1. The number of carbonyl (C=O) groups is 2. The third-order valence-electron chi connectivity index (χ3n) is 4.93. The van der Waals surface area contributed by atoms with E-state index in [1.54, 1.807) is 23.1 Å². The summed E-state index contributed by atoms with van der Waals surface area (Å²) in [6, 6.07) is 8.09. The van der Waals surface area contributed by atoms with Gasteiger partial charge in [0, 0.05) is 42.5 Å². The molecule has 8 heteroatoms. The SMILES string of the molecule is Cc1c(C(=O)N2CCN(C(=O)C3CSCN3)CC2)sc2ccccc12.Cl. The topological polar surface area (TPSA) is 52.7 Å². The average molecular weight is 412 g/mol. The van der Waals surface area contributed by atoms with Gasteiger partial charge in [-0.3, -0.25) is 14.9 Å². The van der Waals surface area contributed by atoms with Crippen molar-refractivity contribution in [2.75, 3.05) is 37.8 Å². The van der Waals surface area contributed by atoms with Crippen LogP contribution in [0.25, 0.3) is 10.1 Å². The van der Waals surface area contributed by atoms with Gasteiger partial charge in [0.2, 0.25) is 5.91 Å². The van der Waals surface area contributed by atoms with E-state index in [0.29, 0.717) is 26.2 Å². The summed E-state index contributed by atoms with van der Waals surface area (Å²) in [7, 11) is 0. The lowest BCUT2D eigenvalue weighted by Gasteiger charge is -2.35. The zero-order chi connectivity index (χ0) is 17.4. The number of nitrogens with one attached hydrogen (secondary N) is 1. The molecule has 5 nitrogen and oxygen atoms in total. The van der Waals surface area contributed by atoms with Crippen LogP contribution in [0, 0.1) is 6.92 Å². The normalized spacial score (nSPS) is 20.3. The second-order valence-electron chi connectivity index (χ2n) is 6.44. The molecule has 2 aliphatic rings. The van der Waals surface area contributed by atoms with Gasteiger partial charge in [0.1, 0.15) is 0 Å². The third-order valence-corrected chi connectivity index (χ3v) is 7.13. The molecule has 1 atom stereocenters. The molecule has 1 unspecified atom stereocenters. The van der Waals surface area contributed by atoms with Crippen molar-refractivity contribution in [3.05, 3.63) is 34.7 Å². The van der Waals surface area contributed by atoms with Gasteiger partial charge < -0.3 is 9.80 Å².